The van der Waals surface area contributed by atoms with E-state index in [1.165, 1.54) is 18.1 Å². The number of amides is 3. The van der Waals surface area contributed by atoms with Gasteiger partial charge in [0, 0.05) is 25.7 Å². The normalized spacial score (nSPS) is 15.9. The number of thiocarbonyl (C=S) groups is 1. The number of hydrogen-bond donors (Lipinski definition) is 2. The monoisotopic (exact) mass is 444 g/mol. The van der Waals surface area contributed by atoms with Crippen LogP contribution in [0.2, 0.25) is 0 Å². The molecule has 1 fully saturated rings. The van der Waals surface area contributed by atoms with Crippen LogP contribution in [0, 0.1) is 0 Å². The lowest BCUT2D eigenvalue weighted by atomic mass is 10.1. The van der Waals surface area contributed by atoms with E-state index in [0.717, 1.165) is 0 Å². The fourth-order valence-electron chi connectivity index (χ4n) is 3.26. The number of benzene rings is 1. The molecule has 2 N–H and O–H groups in total. The highest BCUT2D eigenvalue weighted by Crippen LogP contribution is 2.24. The van der Waals surface area contributed by atoms with Crippen LogP contribution < -0.4 is 15.4 Å². The summed E-state index contributed by atoms with van der Waals surface area (Å²) < 4.78 is 10.4. The van der Waals surface area contributed by atoms with E-state index in [4.69, 9.17) is 21.4 Å². The van der Waals surface area contributed by atoms with Crippen molar-refractivity contribution in [3.05, 3.63) is 48.4 Å². The zero-order valence-corrected chi connectivity index (χ0v) is 18.1. The van der Waals surface area contributed by atoms with Crippen LogP contribution in [-0.2, 0) is 20.9 Å². The number of carbonyl (C=O) groups excluding carboxylic acids is 3. The molecule has 3 amide bonds. The van der Waals surface area contributed by atoms with Gasteiger partial charge in [0.15, 0.2) is 5.11 Å². The first-order chi connectivity index (χ1) is 14.9. The van der Waals surface area contributed by atoms with E-state index in [9.17, 15) is 14.4 Å². The van der Waals surface area contributed by atoms with E-state index in [2.05, 4.69) is 10.6 Å². The minimum atomic E-state index is -0.769. The number of carbonyl (C=O) groups is 3. The number of hydrogen-bond acceptors (Lipinski definition) is 6. The van der Waals surface area contributed by atoms with Gasteiger partial charge in [0.05, 0.1) is 26.3 Å². The third-order valence-electron chi connectivity index (χ3n) is 4.78. The molecule has 164 valence electrons. The molecule has 1 aromatic heterocycles. The SMILES string of the molecule is COc1ccc(NC(=O)CC2C(=O)N(Cc3ccco3)C(=S)N2CCNC(C)=O)cc1. The number of nitrogens with zero attached hydrogens (tertiary/aromatic N) is 2. The molecule has 0 radical (unpaired) electrons. The first-order valence-electron chi connectivity index (χ1n) is 9.71. The summed E-state index contributed by atoms with van der Waals surface area (Å²) in [6.07, 6.45) is 1.44. The van der Waals surface area contributed by atoms with Gasteiger partial charge in [-0.15, -0.1) is 0 Å². The van der Waals surface area contributed by atoms with Crippen LogP contribution in [0.4, 0.5) is 5.69 Å². The van der Waals surface area contributed by atoms with Crippen LogP contribution in [-0.4, -0.2) is 58.9 Å². The average Bonchev–Trinajstić information content (AvgIpc) is 3.33. The van der Waals surface area contributed by atoms with Gasteiger partial charge in [0.25, 0.3) is 5.91 Å². The van der Waals surface area contributed by atoms with Crippen molar-refractivity contribution in [3.8, 4) is 5.75 Å². The summed E-state index contributed by atoms with van der Waals surface area (Å²) in [5.74, 6) is 0.468. The molecular formula is C21H24N4O5S. The van der Waals surface area contributed by atoms with Crippen molar-refractivity contribution >= 4 is 40.7 Å². The number of methoxy groups -OCH3 is 1. The Kier molecular flexibility index (Phi) is 7.24. The summed E-state index contributed by atoms with van der Waals surface area (Å²) in [5, 5.41) is 5.78. The fourth-order valence-corrected chi connectivity index (χ4v) is 3.64. The predicted octanol–water partition coefficient (Wildman–Crippen LogP) is 1.75. The van der Waals surface area contributed by atoms with Crippen molar-refractivity contribution in [2.75, 3.05) is 25.5 Å². The third kappa shape index (κ3) is 5.60. The lowest BCUT2D eigenvalue weighted by Gasteiger charge is -2.23. The van der Waals surface area contributed by atoms with Gasteiger partial charge in [0.2, 0.25) is 11.8 Å². The summed E-state index contributed by atoms with van der Waals surface area (Å²) in [6.45, 7) is 2.20. The smallest absolute Gasteiger partial charge is 0.252 e. The number of ether oxygens (including phenoxy) is 1. The summed E-state index contributed by atoms with van der Waals surface area (Å²) in [7, 11) is 1.56. The zero-order chi connectivity index (χ0) is 22.4. The van der Waals surface area contributed by atoms with Gasteiger partial charge in [0.1, 0.15) is 17.6 Å². The maximum absolute atomic E-state index is 13.1. The Hall–Kier alpha value is -3.40. The Morgan fingerprint density at radius 3 is 2.58 bits per heavy atom. The predicted molar refractivity (Wildman–Crippen MR) is 117 cm³/mol. The second-order valence-corrected chi connectivity index (χ2v) is 7.32. The van der Waals surface area contributed by atoms with Crippen LogP contribution in [0.1, 0.15) is 19.1 Å². The third-order valence-corrected chi connectivity index (χ3v) is 5.23. The molecule has 2 heterocycles. The van der Waals surface area contributed by atoms with Gasteiger partial charge in [-0.2, -0.15) is 0 Å². The molecule has 2 aromatic rings. The van der Waals surface area contributed by atoms with E-state index >= 15 is 0 Å². The number of nitrogens with one attached hydrogen (secondary N) is 2. The summed E-state index contributed by atoms with van der Waals surface area (Å²) >= 11 is 5.51. The van der Waals surface area contributed by atoms with Crippen molar-refractivity contribution in [1.82, 2.24) is 15.1 Å². The van der Waals surface area contributed by atoms with E-state index < -0.39 is 6.04 Å². The quantitative estimate of drug-likeness (QED) is 0.568. The Bertz CT molecular complexity index is 945. The molecule has 1 aliphatic rings. The van der Waals surface area contributed by atoms with Gasteiger partial charge in [-0.1, -0.05) is 0 Å². The second-order valence-electron chi connectivity index (χ2n) is 6.96. The first-order valence-corrected chi connectivity index (χ1v) is 10.1. The molecule has 1 saturated heterocycles. The minimum absolute atomic E-state index is 0.0836. The van der Waals surface area contributed by atoms with Gasteiger partial charge in [-0.25, -0.2) is 0 Å². The van der Waals surface area contributed by atoms with Crippen molar-refractivity contribution < 1.29 is 23.5 Å². The first kappa shape index (κ1) is 22.3. The molecule has 0 spiro atoms. The second kappa shape index (κ2) is 10.1. The highest BCUT2D eigenvalue weighted by Gasteiger charge is 2.43. The molecule has 0 saturated carbocycles. The van der Waals surface area contributed by atoms with Gasteiger partial charge < -0.3 is 24.7 Å². The maximum atomic E-state index is 13.1. The Labute approximate surface area is 185 Å². The lowest BCUT2D eigenvalue weighted by Crippen LogP contribution is -2.42. The van der Waals surface area contributed by atoms with Crippen molar-refractivity contribution in [1.29, 1.82) is 0 Å². The standard InChI is InChI=1S/C21H24N4O5S/c1-14(26)22-9-10-24-18(12-19(27)23-15-5-7-16(29-2)8-6-15)20(28)25(21(24)31)13-17-4-3-11-30-17/h3-8,11,18H,9-10,12-13H2,1-2H3,(H,22,26)(H,23,27). The average molecular weight is 445 g/mol. The lowest BCUT2D eigenvalue weighted by molar-refractivity contribution is -0.131. The number of rotatable bonds is 9. The van der Waals surface area contributed by atoms with E-state index in [1.54, 1.807) is 48.4 Å². The van der Waals surface area contributed by atoms with E-state index in [-0.39, 0.29) is 30.7 Å². The van der Waals surface area contributed by atoms with Crippen LogP contribution in [0.15, 0.2) is 47.1 Å². The maximum Gasteiger partial charge on any atom is 0.252 e. The highest BCUT2D eigenvalue weighted by molar-refractivity contribution is 7.80. The summed E-state index contributed by atoms with van der Waals surface area (Å²) in [5.41, 5.74) is 0.594. The molecule has 31 heavy (non-hydrogen) atoms. The molecule has 1 atom stereocenters. The largest absolute Gasteiger partial charge is 0.497 e. The highest BCUT2D eigenvalue weighted by atomic mass is 32.1. The minimum Gasteiger partial charge on any atom is -0.497 e. The summed E-state index contributed by atoms with van der Waals surface area (Å²) in [4.78, 5) is 40.1. The molecule has 3 rings (SSSR count). The van der Waals surface area contributed by atoms with Crippen LogP contribution in [0.25, 0.3) is 0 Å². The van der Waals surface area contributed by atoms with Crippen LogP contribution >= 0.6 is 12.2 Å². The summed E-state index contributed by atoms with van der Waals surface area (Å²) in [6, 6.07) is 9.61. The van der Waals surface area contributed by atoms with Crippen LogP contribution in [0.3, 0.4) is 0 Å². The van der Waals surface area contributed by atoms with Crippen molar-refractivity contribution in [2.24, 2.45) is 0 Å². The number of anilines is 1. The molecule has 0 bridgehead atoms. The van der Waals surface area contributed by atoms with Gasteiger partial charge in [-0.3, -0.25) is 19.3 Å². The molecule has 1 aromatic carbocycles. The van der Waals surface area contributed by atoms with Crippen molar-refractivity contribution in [3.63, 3.8) is 0 Å². The Morgan fingerprint density at radius 1 is 1.23 bits per heavy atom. The molecule has 0 aliphatic carbocycles. The van der Waals surface area contributed by atoms with E-state index in [1.807, 2.05) is 0 Å². The van der Waals surface area contributed by atoms with Crippen LogP contribution in [0.5, 0.6) is 5.75 Å². The molecular weight excluding hydrogens is 420 g/mol. The van der Waals surface area contributed by atoms with Crippen molar-refractivity contribution in [2.45, 2.75) is 25.9 Å². The Balaban J connectivity index is 1.71. The molecule has 9 nitrogen and oxygen atoms in total. The zero-order valence-electron chi connectivity index (χ0n) is 17.3. The fraction of sp³-hybridized carbons (Fsp3) is 0.333. The molecule has 1 unspecified atom stereocenters. The van der Waals surface area contributed by atoms with Gasteiger partial charge in [-0.05, 0) is 48.6 Å². The molecule has 1 aliphatic heterocycles. The molecule has 10 heteroatoms. The Morgan fingerprint density at radius 2 is 1.97 bits per heavy atom. The topological polar surface area (TPSA) is 104 Å². The number of furan rings is 1. The van der Waals surface area contributed by atoms with E-state index in [0.29, 0.717) is 35.4 Å². The van der Waals surface area contributed by atoms with Gasteiger partial charge >= 0.3 is 0 Å².